The first-order chi connectivity index (χ1) is 10.6. The van der Waals surface area contributed by atoms with Gasteiger partial charge in [0, 0.05) is 30.8 Å². The molecule has 1 amide bonds. The summed E-state index contributed by atoms with van der Waals surface area (Å²) in [6.07, 6.45) is 3.27. The Kier molecular flexibility index (Phi) is 6.21. The molecule has 3 atom stereocenters. The Morgan fingerprint density at radius 2 is 2.27 bits per heavy atom. The molecule has 1 saturated carbocycles. The van der Waals surface area contributed by atoms with E-state index < -0.39 is 0 Å². The third-order valence-electron chi connectivity index (χ3n) is 4.19. The fourth-order valence-corrected chi connectivity index (χ4v) is 2.87. The van der Waals surface area contributed by atoms with Crippen LogP contribution in [-0.4, -0.2) is 36.8 Å². The summed E-state index contributed by atoms with van der Waals surface area (Å²) in [7, 11) is 1.60. The van der Waals surface area contributed by atoms with E-state index in [0.717, 1.165) is 37.2 Å². The molecule has 0 bridgehead atoms. The molecule has 0 aliphatic heterocycles. The van der Waals surface area contributed by atoms with Crippen molar-refractivity contribution in [1.82, 2.24) is 5.32 Å². The summed E-state index contributed by atoms with van der Waals surface area (Å²) in [6, 6.07) is 7.40. The maximum absolute atomic E-state index is 12.0. The SMILES string of the molecule is COc1cccc(NC(=O)CC(C)NCC2CCCC2O)c1. The van der Waals surface area contributed by atoms with Crippen molar-refractivity contribution in [3.8, 4) is 5.75 Å². The molecule has 22 heavy (non-hydrogen) atoms. The van der Waals surface area contributed by atoms with E-state index in [2.05, 4.69) is 10.6 Å². The van der Waals surface area contributed by atoms with Crippen LogP contribution in [0.15, 0.2) is 24.3 Å². The molecule has 3 unspecified atom stereocenters. The molecular weight excluding hydrogens is 280 g/mol. The van der Waals surface area contributed by atoms with Crippen LogP contribution >= 0.6 is 0 Å². The van der Waals surface area contributed by atoms with Crippen LogP contribution in [0.1, 0.15) is 32.6 Å². The number of aliphatic hydroxyl groups excluding tert-OH is 1. The van der Waals surface area contributed by atoms with Crippen LogP contribution in [0.4, 0.5) is 5.69 Å². The molecular formula is C17H26N2O3. The average molecular weight is 306 g/mol. The van der Waals surface area contributed by atoms with Crippen molar-refractivity contribution < 1.29 is 14.6 Å². The van der Waals surface area contributed by atoms with Crippen LogP contribution in [-0.2, 0) is 4.79 Å². The van der Waals surface area contributed by atoms with Crippen molar-refractivity contribution in [2.45, 2.75) is 44.8 Å². The zero-order valence-electron chi connectivity index (χ0n) is 13.3. The normalized spacial score (nSPS) is 22.3. The lowest BCUT2D eigenvalue weighted by atomic mass is 10.1. The van der Waals surface area contributed by atoms with Crippen molar-refractivity contribution in [2.75, 3.05) is 19.0 Å². The zero-order valence-corrected chi connectivity index (χ0v) is 13.3. The van der Waals surface area contributed by atoms with Gasteiger partial charge in [-0.1, -0.05) is 12.5 Å². The van der Waals surface area contributed by atoms with Crippen LogP contribution in [0.3, 0.4) is 0 Å². The third kappa shape index (κ3) is 5.00. The van der Waals surface area contributed by atoms with Crippen LogP contribution in [0.2, 0.25) is 0 Å². The minimum atomic E-state index is -0.190. The molecule has 0 radical (unpaired) electrons. The molecule has 0 spiro atoms. The molecule has 1 aliphatic rings. The molecule has 0 saturated heterocycles. The lowest BCUT2D eigenvalue weighted by molar-refractivity contribution is -0.116. The van der Waals surface area contributed by atoms with Gasteiger partial charge in [0.15, 0.2) is 0 Å². The van der Waals surface area contributed by atoms with Crippen molar-refractivity contribution in [1.29, 1.82) is 0 Å². The van der Waals surface area contributed by atoms with Crippen molar-refractivity contribution in [2.24, 2.45) is 5.92 Å². The topological polar surface area (TPSA) is 70.6 Å². The van der Waals surface area contributed by atoms with Crippen molar-refractivity contribution >= 4 is 11.6 Å². The first-order valence-electron chi connectivity index (χ1n) is 7.94. The Morgan fingerprint density at radius 1 is 1.45 bits per heavy atom. The van der Waals surface area contributed by atoms with E-state index in [0.29, 0.717) is 12.3 Å². The lowest BCUT2D eigenvalue weighted by Crippen LogP contribution is -2.36. The molecule has 0 aromatic heterocycles. The summed E-state index contributed by atoms with van der Waals surface area (Å²) >= 11 is 0. The van der Waals surface area contributed by atoms with Crippen molar-refractivity contribution in [3.05, 3.63) is 24.3 Å². The minimum absolute atomic E-state index is 0.0276. The first-order valence-corrected chi connectivity index (χ1v) is 7.94. The largest absolute Gasteiger partial charge is 0.497 e. The third-order valence-corrected chi connectivity index (χ3v) is 4.19. The molecule has 1 fully saturated rings. The monoisotopic (exact) mass is 306 g/mol. The van der Waals surface area contributed by atoms with E-state index in [9.17, 15) is 9.90 Å². The number of amides is 1. The van der Waals surface area contributed by atoms with Gasteiger partial charge >= 0.3 is 0 Å². The molecule has 1 aliphatic carbocycles. The Morgan fingerprint density at radius 3 is 2.95 bits per heavy atom. The number of carbonyl (C=O) groups is 1. The number of methoxy groups -OCH3 is 1. The predicted octanol–water partition coefficient (Wildman–Crippen LogP) is 2.16. The van der Waals surface area contributed by atoms with Gasteiger partial charge in [-0.2, -0.15) is 0 Å². The highest BCUT2D eigenvalue weighted by Crippen LogP contribution is 2.24. The number of nitrogens with one attached hydrogen (secondary N) is 2. The number of ether oxygens (including phenoxy) is 1. The molecule has 3 N–H and O–H groups in total. The number of hydrogen-bond donors (Lipinski definition) is 3. The van der Waals surface area contributed by atoms with Crippen molar-refractivity contribution in [3.63, 3.8) is 0 Å². The number of rotatable bonds is 7. The van der Waals surface area contributed by atoms with E-state index in [-0.39, 0.29) is 18.1 Å². The Bertz CT molecular complexity index is 493. The summed E-state index contributed by atoms with van der Waals surface area (Å²) in [6.45, 7) is 2.77. The van der Waals surface area contributed by atoms with Gasteiger partial charge in [-0.05, 0) is 37.8 Å². The Balaban J connectivity index is 1.73. The summed E-state index contributed by atoms with van der Waals surface area (Å²) in [5.74, 6) is 1.02. The molecule has 1 aromatic carbocycles. The number of hydrogen-bond acceptors (Lipinski definition) is 4. The number of carbonyl (C=O) groups excluding carboxylic acids is 1. The highest BCUT2D eigenvalue weighted by molar-refractivity contribution is 5.91. The number of anilines is 1. The minimum Gasteiger partial charge on any atom is -0.497 e. The van der Waals surface area contributed by atoms with Gasteiger partial charge in [-0.25, -0.2) is 0 Å². The average Bonchev–Trinajstić information content (AvgIpc) is 2.90. The van der Waals surface area contributed by atoms with Gasteiger partial charge in [0.05, 0.1) is 13.2 Å². The Labute approximate surface area is 132 Å². The van der Waals surface area contributed by atoms with Gasteiger partial charge in [0.1, 0.15) is 5.75 Å². The fourth-order valence-electron chi connectivity index (χ4n) is 2.87. The van der Waals surface area contributed by atoms with E-state index in [1.54, 1.807) is 13.2 Å². The zero-order chi connectivity index (χ0) is 15.9. The second kappa shape index (κ2) is 8.15. The van der Waals surface area contributed by atoms with E-state index in [1.165, 1.54) is 0 Å². The smallest absolute Gasteiger partial charge is 0.225 e. The molecule has 2 rings (SSSR count). The maximum Gasteiger partial charge on any atom is 0.225 e. The highest BCUT2D eigenvalue weighted by Gasteiger charge is 2.25. The van der Waals surface area contributed by atoms with E-state index >= 15 is 0 Å². The van der Waals surface area contributed by atoms with E-state index in [4.69, 9.17) is 4.74 Å². The number of benzene rings is 1. The second-order valence-corrected chi connectivity index (χ2v) is 6.05. The summed E-state index contributed by atoms with van der Waals surface area (Å²) in [5.41, 5.74) is 0.739. The van der Waals surface area contributed by atoms with E-state index in [1.807, 2.05) is 25.1 Å². The summed E-state index contributed by atoms with van der Waals surface area (Å²) in [4.78, 5) is 12.0. The van der Waals surface area contributed by atoms with Gasteiger partial charge < -0.3 is 20.5 Å². The van der Waals surface area contributed by atoms with Gasteiger partial charge in [0.25, 0.3) is 0 Å². The van der Waals surface area contributed by atoms with Crippen LogP contribution < -0.4 is 15.4 Å². The van der Waals surface area contributed by atoms with Crippen LogP contribution in [0.5, 0.6) is 5.75 Å². The lowest BCUT2D eigenvalue weighted by Gasteiger charge is -2.19. The molecule has 1 aromatic rings. The van der Waals surface area contributed by atoms with Gasteiger partial charge in [-0.15, -0.1) is 0 Å². The highest BCUT2D eigenvalue weighted by atomic mass is 16.5. The standard InChI is InChI=1S/C17H26N2O3/c1-12(18-11-13-5-3-8-16(13)20)9-17(21)19-14-6-4-7-15(10-14)22-2/h4,6-7,10,12-13,16,18,20H,3,5,8-9,11H2,1-2H3,(H,19,21). The van der Waals surface area contributed by atoms with Gasteiger partial charge in [0.2, 0.25) is 5.91 Å². The quantitative estimate of drug-likeness (QED) is 0.722. The van der Waals surface area contributed by atoms with Crippen LogP contribution in [0, 0.1) is 5.92 Å². The molecule has 0 heterocycles. The molecule has 5 nitrogen and oxygen atoms in total. The molecule has 122 valence electrons. The Hall–Kier alpha value is -1.59. The van der Waals surface area contributed by atoms with Crippen LogP contribution in [0.25, 0.3) is 0 Å². The molecule has 5 heteroatoms. The summed E-state index contributed by atoms with van der Waals surface area (Å²) < 4.78 is 5.14. The van der Waals surface area contributed by atoms with Gasteiger partial charge in [-0.3, -0.25) is 4.79 Å². The maximum atomic E-state index is 12.0. The first kappa shape index (κ1) is 16.8. The fraction of sp³-hybridized carbons (Fsp3) is 0.588. The summed E-state index contributed by atoms with van der Waals surface area (Å²) in [5, 5.41) is 16.0. The second-order valence-electron chi connectivity index (χ2n) is 6.05. The number of aliphatic hydroxyl groups is 1. The predicted molar refractivity (Wildman–Crippen MR) is 87.1 cm³/mol.